The lowest BCUT2D eigenvalue weighted by molar-refractivity contribution is 0.0845. The lowest BCUT2D eigenvalue weighted by Gasteiger charge is -2.26. The normalized spacial score (nSPS) is 15.0. The summed E-state index contributed by atoms with van der Waals surface area (Å²) in [7, 11) is 1.67. The Hall–Kier alpha value is -3.17. The first-order valence-corrected chi connectivity index (χ1v) is 12.3. The number of fused-ring (bicyclic) bond motifs is 3. The quantitative estimate of drug-likeness (QED) is 0.373. The highest BCUT2D eigenvalue weighted by atomic mass is 19.1. The molecular formula is C26H31FN6O2. The second kappa shape index (κ2) is 9.83. The summed E-state index contributed by atoms with van der Waals surface area (Å²) in [4.78, 5) is 19.7. The number of piperidine rings is 1. The standard InChI is InChI=1S/C26H31FN6O2/c1-17(2)33-24-21-13-20(22(27)14-23(21)29-30-25(24)31(3)26(33)34)18-7-8-19(28-15-18)16-35-12-11-32-9-5-4-6-10-32/h7-8,13-15,17H,4-6,9-12,16H2,1-3H3. The van der Waals surface area contributed by atoms with Crippen LogP contribution in [0.15, 0.2) is 35.3 Å². The zero-order chi connectivity index (χ0) is 24.5. The minimum absolute atomic E-state index is 0.0806. The highest BCUT2D eigenvalue weighted by Crippen LogP contribution is 2.31. The third-order valence-corrected chi connectivity index (χ3v) is 6.76. The van der Waals surface area contributed by atoms with Crippen LogP contribution in [0.5, 0.6) is 0 Å². The third kappa shape index (κ3) is 4.58. The van der Waals surface area contributed by atoms with Crippen LogP contribution in [-0.4, -0.2) is 55.5 Å². The van der Waals surface area contributed by atoms with E-state index in [2.05, 4.69) is 20.1 Å². The van der Waals surface area contributed by atoms with Gasteiger partial charge in [-0.25, -0.2) is 9.18 Å². The fourth-order valence-electron chi connectivity index (χ4n) is 4.84. The van der Waals surface area contributed by atoms with Gasteiger partial charge in [0.15, 0.2) is 5.65 Å². The van der Waals surface area contributed by atoms with E-state index in [1.165, 1.54) is 29.9 Å². The number of hydrogen-bond donors (Lipinski definition) is 0. The van der Waals surface area contributed by atoms with Crippen molar-refractivity contribution in [2.75, 3.05) is 26.2 Å². The molecule has 5 rings (SSSR count). The van der Waals surface area contributed by atoms with E-state index in [0.29, 0.717) is 46.4 Å². The van der Waals surface area contributed by atoms with Crippen LogP contribution >= 0.6 is 0 Å². The van der Waals surface area contributed by atoms with Crippen LogP contribution in [0.4, 0.5) is 4.39 Å². The largest absolute Gasteiger partial charge is 0.374 e. The maximum Gasteiger partial charge on any atom is 0.330 e. The first-order chi connectivity index (χ1) is 16.9. The molecule has 1 saturated heterocycles. The number of pyridine rings is 1. The van der Waals surface area contributed by atoms with Crippen LogP contribution in [0.25, 0.3) is 33.2 Å². The summed E-state index contributed by atoms with van der Waals surface area (Å²) in [5.41, 5.74) is 3.23. The second-order valence-electron chi connectivity index (χ2n) is 9.52. The molecule has 1 fully saturated rings. The molecule has 3 aromatic heterocycles. The van der Waals surface area contributed by atoms with Crippen molar-refractivity contribution in [2.24, 2.45) is 7.05 Å². The van der Waals surface area contributed by atoms with Gasteiger partial charge in [0.2, 0.25) is 0 Å². The monoisotopic (exact) mass is 478 g/mol. The Kier molecular flexibility index (Phi) is 6.62. The number of benzene rings is 1. The molecule has 4 aromatic rings. The lowest BCUT2D eigenvalue weighted by Crippen LogP contribution is -2.32. The average molecular weight is 479 g/mol. The van der Waals surface area contributed by atoms with Crippen molar-refractivity contribution in [3.8, 4) is 11.1 Å². The van der Waals surface area contributed by atoms with Crippen LogP contribution in [-0.2, 0) is 18.4 Å². The predicted molar refractivity (Wildman–Crippen MR) is 134 cm³/mol. The van der Waals surface area contributed by atoms with Crippen molar-refractivity contribution in [1.82, 2.24) is 29.2 Å². The molecule has 0 aliphatic carbocycles. The van der Waals surface area contributed by atoms with E-state index < -0.39 is 5.82 Å². The van der Waals surface area contributed by atoms with Crippen LogP contribution in [0.3, 0.4) is 0 Å². The summed E-state index contributed by atoms with van der Waals surface area (Å²) in [6.45, 7) is 8.23. The van der Waals surface area contributed by atoms with Gasteiger partial charge in [-0.3, -0.25) is 14.1 Å². The topological polar surface area (TPSA) is 78.1 Å². The zero-order valence-corrected chi connectivity index (χ0v) is 20.5. The molecular weight excluding hydrogens is 447 g/mol. The molecule has 9 heteroatoms. The fourth-order valence-corrected chi connectivity index (χ4v) is 4.84. The summed E-state index contributed by atoms with van der Waals surface area (Å²) >= 11 is 0. The Balaban J connectivity index is 1.40. The number of imidazole rings is 1. The number of nitrogens with zero attached hydrogens (tertiary/aromatic N) is 6. The second-order valence-corrected chi connectivity index (χ2v) is 9.52. The van der Waals surface area contributed by atoms with Gasteiger partial charge >= 0.3 is 5.69 Å². The summed E-state index contributed by atoms with van der Waals surface area (Å²) < 4.78 is 24.1. The Morgan fingerprint density at radius 1 is 1.11 bits per heavy atom. The Labute approximate surface area is 203 Å². The van der Waals surface area contributed by atoms with Crippen LogP contribution in [0.1, 0.15) is 44.8 Å². The first-order valence-electron chi connectivity index (χ1n) is 12.3. The van der Waals surface area contributed by atoms with E-state index in [0.717, 1.165) is 25.3 Å². The minimum Gasteiger partial charge on any atom is -0.374 e. The molecule has 0 atom stereocenters. The van der Waals surface area contributed by atoms with Gasteiger partial charge in [-0.15, -0.1) is 10.2 Å². The van der Waals surface area contributed by atoms with Crippen molar-refractivity contribution in [2.45, 2.75) is 45.8 Å². The van der Waals surface area contributed by atoms with Crippen LogP contribution in [0.2, 0.25) is 0 Å². The number of aryl methyl sites for hydroxylation is 1. The molecule has 35 heavy (non-hydrogen) atoms. The van der Waals surface area contributed by atoms with E-state index in [1.807, 2.05) is 26.0 Å². The number of halogens is 1. The van der Waals surface area contributed by atoms with Crippen LogP contribution < -0.4 is 5.69 Å². The van der Waals surface area contributed by atoms with E-state index >= 15 is 4.39 Å². The predicted octanol–water partition coefficient (Wildman–Crippen LogP) is 4.07. The molecule has 1 aromatic carbocycles. The van der Waals surface area contributed by atoms with Crippen molar-refractivity contribution in [3.63, 3.8) is 0 Å². The molecule has 1 aliphatic rings. The highest BCUT2D eigenvalue weighted by molar-refractivity contribution is 6.02. The molecule has 0 bridgehead atoms. The van der Waals surface area contributed by atoms with E-state index in [-0.39, 0.29) is 11.7 Å². The Morgan fingerprint density at radius 3 is 2.63 bits per heavy atom. The molecule has 0 N–H and O–H groups in total. The summed E-state index contributed by atoms with van der Waals surface area (Å²) in [5.74, 6) is -0.409. The van der Waals surface area contributed by atoms with Gasteiger partial charge in [0.25, 0.3) is 0 Å². The van der Waals surface area contributed by atoms with Gasteiger partial charge in [-0.1, -0.05) is 12.5 Å². The molecule has 8 nitrogen and oxygen atoms in total. The fraction of sp³-hybridized carbons (Fsp3) is 0.462. The molecule has 0 saturated carbocycles. The molecule has 184 valence electrons. The molecule has 4 heterocycles. The number of rotatable bonds is 7. The summed E-state index contributed by atoms with van der Waals surface area (Å²) in [6.07, 6.45) is 5.53. The summed E-state index contributed by atoms with van der Waals surface area (Å²) in [5, 5.41) is 9.04. The third-order valence-electron chi connectivity index (χ3n) is 6.76. The minimum atomic E-state index is -0.409. The molecule has 0 amide bonds. The zero-order valence-electron chi connectivity index (χ0n) is 20.5. The van der Waals surface area contributed by atoms with Gasteiger partial charge < -0.3 is 9.64 Å². The molecule has 0 radical (unpaired) electrons. The highest BCUT2D eigenvalue weighted by Gasteiger charge is 2.20. The average Bonchev–Trinajstić information content (AvgIpc) is 3.13. The van der Waals surface area contributed by atoms with Gasteiger partial charge in [-0.2, -0.15) is 0 Å². The van der Waals surface area contributed by atoms with Gasteiger partial charge in [0.05, 0.1) is 24.4 Å². The smallest absolute Gasteiger partial charge is 0.330 e. The maximum absolute atomic E-state index is 15.1. The van der Waals surface area contributed by atoms with Gasteiger partial charge in [0.1, 0.15) is 11.3 Å². The van der Waals surface area contributed by atoms with E-state index in [4.69, 9.17) is 4.74 Å². The maximum atomic E-state index is 15.1. The van der Waals surface area contributed by atoms with E-state index in [1.54, 1.807) is 23.9 Å². The van der Waals surface area contributed by atoms with Crippen molar-refractivity contribution in [1.29, 1.82) is 0 Å². The number of hydrogen-bond acceptors (Lipinski definition) is 6. The Bertz CT molecular complexity index is 1400. The number of ether oxygens (including phenoxy) is 1. The number of aromatic nitrogens is 5. The van der Waals surface area contributed by atoms with Crippen molar-refractivity contribution >= 4 is 22.1 Å². The lowest BCUT2D eigenvalue weighted by atomic mass is 10.0. The molecule has 0 unspecified atom stereocenters. The molecule has 0 spiro atoms. The Morgan fingerprint density at radius 2 is 1.91 bits per heavy atom. The summed E-state index contributed by atoms with van der Waals surface area (Å²) in [6, 6.07) is 6.76. The SMILES string of the molecule is CC(C)n1c(=O)n(C)c2nnc3cc(F)c(-c4ccc(COCCN5CCCCC5)nc4)cc3c21. The van der Waals surface area contributed by atoms with Crippen molar-refractivity contribution in [3.05, 3.63) is 52.5 Å². The first kappa shape index (κ1) is 23.6. The van der Waals surface area contributed by atoms with E-state index in [9.17, 15) is 4.79 Å². The van der Waals surface area contributed by atoms with Gasteiger partial charge in [0, 0.05) is 48.4 Å². The van der Waals surface area contributed by atoms with Gasteiger partial charge in [-0.05, 0) is 51.9 Å². The van der Waals surface area contributed by atoms with Crippen molar-refractivity contribution < 1.29 is 9.13 Å². The number of likely N-dealkylation sites (tertiary alicyclic amines) is 1. The molecule has 1 aliphatic heterocycles. The van der Waals surface area contributed by atoms with Crippen LogP contribution in [0, 0.1) is 5.82 Å².